The molecular weight excluding hydrogens is 310 g/mol. The Morgan fingerprint density at radius 3 is 2.54 bits per heavy atom. The Labute approximate surface area is 140 Å². The molecule has 0 unspecified atom stereocenters. The molecule has 8 nitrogen and oxygen atoms in total. The molecule has 1 aromatic carbocycles. The summed E-state index contributed by atoms with van der Waals surface area (Å²) in [4.78, 5) is 19.7. The van der Waals surface area contributed by atoms with Crippen molar-refractivity contribution in [2.45, 2.75) is 6.42 Å². The van der Waals surface area contributed by atoms with Gasteiger partial charge in [-0.3, -0.25) is 0 Å². The molecule has 0 saturated heterocycles. The van der Waals surface area contributed by atoms with E-state index in [0.29, 0.717) is 36.0 Å². The lowest BCUT2D eigenvalue weighted by Crippen LogP contribution is -2.10. The largest absolute Gasteiger partial charge is 0.465 e. The number of nitrogens with zero attached hydrogens (tertiary/aromatic N) is 2. The molecule has 0 aliphatic carbocycles. The Hall–Kier alpha value is -2.87. The first-order chi connectivity index (χ1) is 11.7. The number of ether oxygens (including phenoxy) is 2. The molecule has 0 radical (unpaired) electrons. The van der Waals surface area contributed by atoms with Gasteiger partial charge in [0, 0.05) is 25.9 Å². The van der Waals surface area contributed by atoms with Crippen LogP contribution in [0.1, 0.15) is 16.8 Å². The van der Waals surface area contributed by atoms with Crippen LogP contribution in [0.15, 0.2) is 30.6 Å². The third-order valence-corrected chi connectivity index (χ3v) is 3.27. The highest BCUT2D eigenvalue weighted by molar-refractivity contribution is 5.90. The fourth-order valence-electron chi connectivity index (χ4n) is 2.00. The summed E-state index contributed by atoms with van der Waals surface area (Å²) in [7, 11) is 3.00. The van der Waals surface area contributed by atoms with Gasteiger partial charge in [-0.2, -0.15) is 0 Å². The van der Waals surface area contributed by atoms with Crippen molar-refractivity contribution in [3.63, 3.8) is 0 Å². The van der Waals surface area contributed by atoms with Gasteiger partial charge in [-0.25, -0.2) is 14.8 Å². The number of hydrogen-bond acceptors (Lipinski definition) is 8. The first kappa shape index (κ1) is 17.5. The van der Waals surface area contributed by atoms with Crippen molar-refractivity contribution in [2.24, 2.45) is 0 Å². The summed E-state index contributed by atoms with van der Waals surface area (Å²) in [6, 6.07) is 6.82. The van der Waals surface area contributed by atoms with Gasteiger partial charge in [-0.15, -0.1) is 0 Å². The zero-order valence-corrected chi connectivity index (χ0v) is 13.7. The molecule has 4 N–H and O–H groups in total. The molecule has 24 heavy (non-hydrogen) atoms. The van der Waals surface area contributed by atoms with E-state index in [0.717, 1.165) is 12.1 Å². The van der Waals surface area contributed by atoms with Crippen molar-refractivity contribution < 1.29 is 14.3 Å². The van der Waals surface area contributed by atoms with Gasteiger partial charge in [0.15, 0.2) is 11.6 Å². The number of nitrogen functional groups attached to an aromatic ring is 1. The van der Waals surface area contributed by atoms with Crippen LogP contribution in [0, 0.1) is 0 Å². The molecule has 0 saturated carbocycles. The molecule has 0 bridgehead atoms. The van der Waals surface area contributed by atoms with E-state index in [-0.39, 0.29) is 5.97 Å². The van der Waals surface area contributed by atoms with Crippen molar-refractivity contribution >= 4 is 29.0 Å². The molecule has 128 valence electrons. The number of aromatic nitrogens is 2. The number of anilines is 4. The van der Waals surface area contributed by atoms with Gasteiger partial charge in [0.25, 0.3) is 0 Å². The monoisotopic (exact) mass is 331 g/mol. The van der Waals surface area contributed by atoms with Gasteiger partial charge < -0.3 is 25.8 Å². The smallest absolute Gasteiger partial charge is 0.337 e. The highest BCUT2D eigenvalue weighted by Crippen LogP contribution is 2.25. The molecule has 0 fully saturated rings. The van der Waals surface area contributed by atoms with Crippen LogP contribution in [0.5, 0.6) is 0 Å². The minimum atomic E-state index is -0.384. The Morgan fingerprint density at radius 2 is 1.88 bits per heavy atom. The van der Waals surface area contributed by atoms with Gasteiger partial charge in [0.2, 0.25) is 0 Å². The average Bonchev–Trinajstić information content (AvgIpc) is 2.61. The van der Waals surface area contributed by atoms with Crippen molar-refractivity contribution in [1.29, 1.82) is 0 Å². The van der Waals surface area contributed by atoms with Crippen LogP contribution in [0.25, 0.3) is 0 Å². The maximum atomic E-state index is 11.4. The Balaban J connectivity index is 2.05. The zero-order valence-electron chi connectivity index (χ0n) is 13.7. The molecule has 8 heteroatoms. The first-order valence-corrected chi connectivity index (χ1v) is 7.44. The first-order valence-electron chi connectivity index (χ1n) is 7.44. The Kier molecular flexibility index (Phi) is 6.32. The van der Waals surface area contributed by atoms with Crippen molar-refractivity contribution in [1.82, 2.24) is 9.97 Å². The predicted molar refractivity (Wildman–Crippen MR) is 92.5 cm³/mol. The molecule has 0 spiro atoms. The molecule has 0 aliphatic heterocycles. The van der Waals surface area contributed by atoms with E-state index in [1.807, 2.05) is 0 Å². The lowest BCUT2D eigenvalue weighted by Gasteiger charge is -2.12. The minimum absolute atomic E-state index is 0.384. The second-order valence-corrected chi connectivity index (χ2v) is 4.95. The van der Waals surface area contributed by atoms with Crippen LogP contribution in [-0.2, 0) is 9.47 Å². The van der Waals surface area contributed by atoms with Crippen LogP contribution in [0.2, 0.25) is 0 Å². The third kappa shape index (κ3) is 4.56. The fourth-order valence-corrected chi connectivity index (χ4v) is 2.00. The summed E-state index contributed by atoms with van der Waals surface area (Å²) in [5.41, 5.74) is 7.73. The number of hydrogen-bond donors (Lipinski definition) is 3. The Morgan fingerprint density at radius 1 is 1.17 bits per heavy atom. The highest BCUT2D eigenvalue weighted by Gasteiger charge is 2.09. The average molecular weight is 331 g/mol. The molecule has 1 aromatic heterocycles. The number of rotatable bonds is 8. The van der Waals surface area contributed by atoms with E-state index in [9.17, 15) is 4.79 Å². The fraction of sp³-hybridized carbons (Fsp3) is 0.312. The number of carbonyl (C=O) groups excluding carboxylic acids is 1. The number of esters is 1. The van der Waals surface area contributed by atoms with Crippen LogP contribution in [0.3, 0.4) is 0 Å². The van der Waals surface area contributed by atoms with Crippen LogP contribution < -0.4 is 16.4 Å². The standard InChI is InChI=1S/C16H21N5O3/c1-23-9-3-8-18-14-13(17)15(20-10-19-14)21-12-6-4-11(5-7-12)16(22)24-2/h4-7,10H,3,8-9,17H2,1-2H3,(H2,18,19,20,21). The van der Waals surface area contributed by atoms with Crippen LogP contribution in [0.4, 0.5) is 23.0 Å². The molecule has 0 atom stereocenters. The maximum absolute atomic E-state index is 11.4. The number of carbonyl (C=O) groups is 1. The predicted octanol–water partition coefficient (Wildman–Crippen LogP) is 2.04. The van der Waals surface area contributed by atoms with Crippen LogP contribution >= 0.6 is 0 Å². The van der Waals surface area contributed by atoms with Gasteiger partial charge >= 0.3 is 5.97 Å². The summed E-state index contributed by atoms with van der Waals surface area (Å²) >= 11 is 0. The van der Waals surface area contributed by atoms with Crippen molar-refractivity contribution in [3.8, 4) is 0 Å². The summed E-state index contributed by atoms with van der Waals surface area (Å²) in [5.74, 6) is 0.672. The molecule has 1 heterocycles. The summed E-state index contributed by atoms with van der Waals surface area (Å²) < 4.78 is 9.66. The van der Waals surface area contributed by atoms with Crippen molar-refractivity contribution in [3.05, 3.63) is 36.2 Å². The lowest BCUT2D eigenvalue weighted by atomic mass is 10.2. The van der Waals surface area contributed by atoms with Gasteiger partial charge in [0.1, 0.15) is 12.0 Å². The van der Waals surface area contributed by atoms with Gasteiger partial charge in [0.05, 0.1) is 12.7 Å². The van der Waals surface area contributed by atoms with Gasteiger partial charge in [-0.05, 0) is 30.7 Å². The van der Waals surface area contributed by atoms with Crippen LogP contribution in [-0.4, -0.2) is 43.3 Å². The second-order valence-electron chi connectivity index (χ2n) is 4.95. The SMILES string of the molecule is COCCCNc1ncnc(Nc2ccc(C(=O)OC)cc2)c1N. The molecule has 0 amide bonds. The third-order valence-electron chi connectivity index (χ3n) is 3.27. The number of benzene rings is 1. The lowest BCUT2D eigenvalue weighted by molar-refractivity contribution is 0.0601. The normalized spacial score (nSPS) is 10.2. The maximum Gasteiger partial charge on any atom is 0.337 e. The van der Waals surface area contributed by atoms with Gasteiger partial charge in [-0.1, -0.05) is 0 Å². The number of nitrogens with two attached hydrogens (primary N) is 1. The van der Waals surface area contributed by atoms with E-state index in [2.05, 4.69) is 25.3 Å². The topological polar surface area (TPSA) is 111 Å². The van der Waals surface area contributed by atoms with E-state index in [4.69, 9.17) is 10.5 Å². The zero-order chi connectivity index (χ0) is 17.4. The quantitative estimate of drug-likeness (QED) is 0.498. The summed E-state index contributed by atoms with van der Waals surface area (Å²) in [6.07, 6.45) is 2.28. The summed E-state index contributed by atoms with van der Waals surface area (Å²) in [5, 5.41) is 6.25. The molecular formula is C16H21N5O3. The van der Waals surface area contributed by atoms with E-state index >= 15 is 0 Å². The molecule has 2 rings (SSSR count). The van der Waals surface area contributed by atoms with E-state index in [1.165, 1.54) is 13.4 Å². The minimum Gasteiger partial charge on any atom is -0.465 e. The molecule has 0 aliphatic rings. The number of methoxy groups -OCH3 is 2. The number of nitrogens with one attached hydrogen (secondary N) is 2. The van der Waals surface area contributed by atoms with E-state index < -0.39 is 0 Å². The second kappa shape index (κ2) is 8.68. The van der Waals surface area contributed by atoms with Crippen molar-refractivity contribution in [2.75, 3.05) is 43.7 Å². The molecule has 2 aromatic rings. The summed E-state index contributed by atoms with van der Waals surface area (Å²) in [6.45, 7) is 1.36. The highest BCUT2D eigenvalue weighted by atomic mass is 16.5. The van der Waals surface area contributed by atoms with E-state index in [1.54, 1.807) is 31.4 Å². The Bertz CT molecular complexity index is 676.